The molecule has 2 aromatic rings. The van der Waals surface area contributed by atoms with Gasteiger partial charge in [-0.15, -0.1) is 11.3 Å². The molecule has 1 aromatic carbocycles. The van der Waals surface area contributed by atoms with Crippen molar-refractivity contribution < 1.29 is 9.90 Å². The second kappa shape index (κ2) is 5.37. The van der Waals surface area contributed by atoms with Crippen molar-refractivity contribution in [1.29, 1.82) is 0 Å². The number of nitrogens with zero attached hydrogens (tertiary/aromatic N) is 1. The maximum Gasteiger partial charge on any atom is 0.337 e. The maximum atomic E-state index is 11.0. The number of benzene rings is 1. The van der Waals surface area contributed by atoms with Crippen LogP contribution in [0.4, 0.5) is 10.8 Å². The van der Waals surface area contributed by atoms with Crippen LogP contribution >= 0.6 is 22.9 Å². The molecule has 0 aliphatic heterocycles. The molecule has 1 heterocycles. The van der Waals surface area contributed by atoms with Gasteiger partial charge in [0, 0.05) is 11.1 Å². The number of halogens is 1. The molecular formula is C12H11ClN2O2S. The number of thiazole rings is 1. The first-order chi connectivity index (χ1) is 8.60. The zero-order chi connectivity index (χ0) is 13.1. The Morgan fingerprint density at radius 3 is 2.94 bits per heavy atom. The van der Waals surface area contributed by atoms with Crippen LogP contribution in [0.15, 0.2) is 23.6 Å². The van der Waals surface area contributed by atoms with Crippen molar-refractivity contribution in [2.75, 3.05) is 5.32 Å². The lowest BCUT2D eigenvalue weighted by molar-refractivity contribution is 0.0697. The first-order valence-electron chi connectivity index (χ1n) is 5.34. The van der Waals surface area contributed by atoms with Crippen LogP contribution in [0.2, 0.25) is 5.02 Å². The van der Waals surface area contributed by atoms with E-state index in [1.54, 1.807) is 12.1 Å². The number of rotatable bonds is 4. The Labute approximate surface area is 113 Å². The fraction of sp³-hybridized carbons (Fsp3) is 0.167. The summed E-state index contributed by atoms with van der Waals surface area (Å²) < 4.78 is 0. The normalized spacial score (nSPS) is 10.3. The van der Waals surface area contributed by atoms with E-state index in [4.69, 9.17) is 16.7 Å². The minimum Gasteiger partial charge on any atom is -0.478 e. The van der Waals surface area contributed by atoms with E-state index < -0.39 is 5.97 Å². The van der Waals surface area contributed by atoms with E-state index in [1.807, 2.05) is 12.3 Å². The molecule has 0 amide bonds. The van der Waals surface area contributed by atoms with Crippen LogP contribution in [0.1, 0.15) is 23.0 Å². The molecule has 2 rings (SSSR count). The van der Waals surface area contributed by atoms with Gasteiger partial charge in [-0.1, -0.05) is 18.5 Å². The minimum absolute atomic E-state index is 0.0777. The lowest BCUT2D eigenvalue weighted by Gasteiger charge is -2.05. The summed E-state index contributed by atoms with van der Waals surface area (Å²) in [7, 11) is 0. The number of aromatic carboxylic acids is 1. The predicted octanol–water partition coefficient (Wildman–Crippen LogP) is 3.80. The summed E-state index contributed by atoms with van der Waals surface area (Å²) in [4.78, 5) is 15.3. The maximum absolute atomic E-state index is 11.0. The highest BCUT2D eigenvalue weighted by molar-refractivity contribution is 7.13. The van der Waals surface area contributed by atoms with Gasteiger partial charge in [-0.05, 0) is 24.6 Å². The van der Waals surface area contributed by atoms with E-state index in [1.165, 1.54) is 17.4 Å². The first kappa shape index (κ1) is 12.9. The third-order valence-corrected chi connectivity index (χ3v) is 3.50. The molecule has 0 bridgehead atoms. The summed E-state index contributed by atoms with van der Waals surface area (Å²) in [6.07, 6.45) is 0.874. The second-order valence-electron chi connectivity index (χ2n) is 3.62. The predicted molar refractivity (Wildman–Crippen MR) is 73.2 cm³/mol. The molecule has 0 spiro atoms. The number of hydrogen-bond donors (Lipinski definition) is 2. The minimum atomic E-state index is -1.04. The number of aromatic nitrogens is 1. The van der Waals surface area contributed by atoms with Crippen molar-refractivity contribution in [2.45, 2.75) is 13.3 Å². The fourth-order valence-electron chi connectivity index (χ4n) is 1.42. The van der Waals surface area contributed by atoms with Crippen LogP contribution in [0.3, 0.4) is 0 Å². The van der Waals surface area contributed by atoms with Crippen molar-refractivity contribution >= 4 is 39.7 Å². The molecule has 0 aliphatic carbocycles. The second-order valence-corrected chi connectivity index (χ2v) is 4.89. The molecular weight excluding hydrogens is 272 g/mol. The molecule has 0 saturated heterocycles. The lowest BCUT2D eigenvalue weighted by atomic mass is 10.2. The quantitative estimate of drug-likeness (QED) is 0.895. The Hall–Kier alpha value is -1.59. The SMILES string of the molecule is CCc1csc(Nc2ccc(Cl)c(C(=O)O)c2)n1. The summed E-state index contributed by atoms with van der Waals surface area (Å²) >= 11 is 7.28. The summed E-state index contributed by atoms with van der Waals surface area (Å²) in [5.74, 6) is -1.04. The van der Waals surface area contributed by atoms with Crippen LogP contribution < -0.4 is 5.32 Å². The molecule has 0 saturated carbocycles. The van der Waals surface area contributed by atoms with Crippen LogP contribution in [0.5, 0.6) is 0 Å². The Kier molecular flexibility index (Phi) is 3.84. The Morgan fingerprint density at radius 2 is 2.33 bits per heavy atom. The summed E-state index contributed by atoms with van der Waals surface area (Å²) in [5, 5.41) is 15.0. The highest BCUT2D eigenvalue weighted by atomic mass is 35.5. The van der Waals surface area contributed by atoms with Gasteiger partial charge in [0.2, 0.25) is 0 Å². The smallest absolute Gasteiger partial charge is 0.337 e. The fourth-order valence-corrected chi connectivity index (χ4v) is 2.43. The van der Waals surface area contributed by atoms with Crippen molar-refractivity contribution in [1.82, 2.24) is 4.98 Å². The topological polar surface area (TPSA) is 62.2 Å². The molecule has 0 unspecified atom stereocenters. The van der Waals surface area contributed by atoms with Crippen LogP contribution in [0, 0.1) is 0 Å². The van der Waals surface area contributed by atoms with Crippen molar-refractivity contribution in [2.24, 2.45) is 0 Å². The largest absolute Gasteiger partial charge is 0.478 e. The molecule has 1 aromatic heterocycles. The van der Waals surface area contributed by atoms with E-state index in [0.717, 1.165) is 17.2 Å². The van der Waals surface area contributed by atoms with Gasteiger partial charge < -0.3 is 10.4 Å². The third-order valence-electron chi connectivity index (χ3n) is 2.36. The van der Waals surface area contributed by atoms with E-state index in [9.17, 15) is 4.79 Å². The Morgan fingerprint density at radius 1 is 1.56 bits per heavy atom. The van der Waals surface area contributed by atoms with Crippen molar-refractivity contribution in [3.63, 3.8) is 0 Å². The van der Waals surface area contributed by atoms with Gasteiger partial charge in [0.05, 0.1) is 16.3 Å². The van der Waals surface area contributed by atoms with E-state index in [2.05, 4.69) is 10.3 Å². The zero-order valence-corrected chi connectivity index (χ0v) is 11.2. The Balaban J connectivity index is 2.24. The van der Waals surface area contributed by atoms with Crippen LogP contribution in [-0.2, 0) is 6.42 Å². The van der Waals surface area contributed by atoms with Gasteiger partial charge in [0.1, 0.15) is 0 Å². The van der Waals surface area contributed by atoms with Gasteiger partial charge in [0.25, 0.3) is 0 Å². The molecule has 18 heavy (non-hydrogen) atoms. The Bertz CT molecular complexity index is 583. The van der Waals surface area contributed by atoms with Gasteiger partial charge in [-0.2, -0.15) is 0 Å². The molecule has 0 fully saturated rings. The third kappa shape index (κ3) is 2.80. The number of aryl methyl sites for hydroxylation is 1. The number of carboxylic acids is 1. The van der Waals surface area contributed by atoms with Crippen LogP contribution in [0.25, 0.3) is 0 Å². The lowest BCUT2D eigenvalue weighted by Crippen LogP contribution is -1.99. The number of anilines is 2. The van der Waals surface area contributed by atoms with Gasteiger partial charge >= 0.3 is 5.97 Å². The molecule has 6 heteroatoms. The average Bonchev–Trinajstić information content (AvgIpc) is 2.79. The monoisotopic (exact) mass is 282 g/mol. The molecule has 0 atom stereocenters. The molecule has 0 radical (unpaired) electrons. The van der Waals surface area contributed by atoms with Crippen molar-refractivity contribution in [3.05, 3.63) is 39.9 Å². The number of hydrogen-bond acceptors (Lipinski definition) is 4. The molecule has 2 N–H and O–H groups in total. The molecule has 94 valence electrons. The average molecular weight is 283 g/mol. The standard InChI is InChI=1S/C12H11ClN2O2S/c1-2-7-6-18-12(14-7)15-8-3-4-10(13)9(5-8)11(16)17/h3-6H,2H2,1H3,(H,14,15)(H,16,17). The zero-order valence-electron chi connectivity index (χ0n) is 9.61. The van der Waals surface area contributed by atoms with E-state index in [-0.39, 0.29) is 10.6 Å². The van der Waals surface area contributed by atoms with Crippen molar-refractivity contribution in [3.8, 4) is 0 Å². The van der Waals surface area contributed by atoms with Crippen LogP contribution in [-0.4, -0.2) is 16.1 Å². The molecule has 0 aliphatic rings. The number of nitrogens with one attached hydrogen (secondary N) is 1. The number of carboxylic acid groups (broad SMARTS) is 1. The van der Waals surface area contributed by atoms with Gasteiger partial charge in [-0.25, -0.2) is 9.78 Å². The summed E-state index contributed by atoms with van der Waals surface area (Å²) in [5.41, 5.74) is 1.75. The molecule has 4 nitrogen and oxygen atoms in total. The summed E-state index contributed by atoms with van der Waals surface area (Å²) in [6, 6.07) is 4.78. The highest BCUT2D eigenvalue weighted by Gasteiger charge is 2.10. The number of carbonyl (C=O) groups is 1. The van der Waals surface area contributed by atoms with Gasteiger partial charge in [0.15, 0.2) is 5.13 Å². The van der Waals surface area contributed by atoms with E-state index in [0.29, 0.717) is 5.69 Å². The van der Waals surface area contributed by atoms with E-state index >= 15 is 0 Å². The highest BCUT2D eigenvalue weighted by Crippen LogP contribution is 2.25. The first-order valence-corrected chi connectivity index (χ1v) is 6.60. The van der Waals surface area contributed by atoms with Gasteiger partial charge in [-0.3, -0.25) is 0 Å². The summed E-state index contributed by atoms with van der Waals surface area (Å²) in [6.45, 7) is 2.03.